The molecule has 8 heteroatoms. The highest BCUT2D eigenvalue weighted by Crippen LogP contribution is 2.25. The second-order valence-electron chi connectivity index (χ2n) is 6.71. The smallest absolute Gasteiger partial charge is 0.358 e. The molecule has 1 aromatic heterocycles. The fraction of sp³-hybridized carbons (Fsp3) is 0.227. The van der Waals surface area contributed by atoms with Gasteiger partial charge in [0.1, 0.15) is 12.1 Å². The van der Waals surface area contributed by atoms with Gasteiger partial charge >= 0.3 is 27.2 Å². The number of aromatic nitrogens is 2. The lowest BCUT2D eigenvalue weighted by Crippen LogP contribution is -3.61. The predicted molar refractivity (Wildman–Crippen MR) is 106 cm³/mol. The molecule has 0 fully saturated rings. The third-order valence-electron chi connectivity index (χ3n) is 4.78. The Labute approximate surface area is 184 Å². The minimum Gasteiger partial charge on any atom is -0.497 e. The molecule has 7 nitrogen and oxygen atoms in total. The number of imidazole rings is 1. The Morgan fingerprint density at radius 2 is 1.90 bits per heavy atom. The topological polar surface area (TPSA) is 73.7 Å². The van der Waals surface area contributed by atoms with Gasteiger partial charge in [0.25, 0.3) is 5.91 Å². The summed E-state index contributed by atoms with van der Waals surface area (Å²) in [6, 6.07) is 14.0. The van der Waals surface area contributed by atoms with Gasteiger partial charge in [-0.05, 0) is 43.3 Å². The van der Waals surface area contributed by atoms with Crippen LogP contribution in [0, 0.1) is 7.14 Å². The molecule has 1 aliphatic rings. The fourth-order valence-corrected chi connectivity index (χ4v) is 5.58. The molecule has 2 heterocycles. The van der Waals surface area contributed by atoms with Crippen LogP contribution < -0.4 is 25.9 Å². The van der Waals surface area contributed by atoms with Crippen LogP contribution >= 0.6 is 0 Å². The van der Waals surface area contributed by atoms with Gasteiger partial charge in [0.05, 0.1) is 37.2 Å². The highest BCUT2D eigenvalue weighted by atomic mass is 127. The average Bonchev–Trinajstić information content (AvgIpc) is 3.13. The maximum Gasteiger partial charge on any atom is 0.358 e. The van der Waals surface area contributed by atoms with Crippen LogP contribution in [0.5, 0.6) is 5.75 Å². The van der Waals surface area contributed by atoms with E-state index < -0.39 is 27.2 Å². The minimum absolute atomic E-state index is 0.0795. The summed E-state index contributed by atoms with van der Waals surface area (Å²) in [4.78, 5) is 31.2. The number of fused-ring (bicyclic) bond motifs is 3. The maximum atomic E-state index is 13.1. The van der Waals surface area contributed by atoms with Crippen LogP contribution in [0.3, 0.4) is 0 Å². The summed E-state index contributed by atoms with van der Waals surface area (Å²) >= 11 is -0.453. The molecule has 0 unspecified atom stereocenters. The van der Waals surface area contributed by atoms with Gasteiger partial charge in [-0.1, -0.05) is 0 Å². The minimum atomic E-state index is -0.474. The van der Waals surface area contributed by atoms with Crippen molar-refractivity contribution in [2.75, 3.05) is 20.8 Å². The van der Waals surface area contributed by atoms with Gasteiger partial charge in [-0.15, -0.1) is 0 Å². The molecule has 0 atom stereocenters. The van der Waals surface area contributed by atoms with E-state index in [2.05, 4.69) is 17.1 Å². The Bertz CT molecular complexity index is 1110. The summed E-state index contributed by atoms with van der Waals surface area (Å²) in [7, 11) is 3.38. The SMILES string of the molecule is CCOC(=O)c1ncn2c1CN(C)C(=O)c1cc([I+]c3ccc(OC)cc3)ccc1-2. The van der Waals surface area contributed by atoms with Gasteiger partial charge < -0.3 is 14.4 Å². The summed E-state index contributed by atoms with van der Waals surface area (Å²) in [6.07, 6.45) is 1.59. The van der Waals surface area contributed by atoms with Gasteiger partial charge in [-0.2, -0.15) is 0 Å². The lowest BCUT2D eigenvalue weighted by Gasteiger charge is -2.14. The Hall–Kier alpha value is -2.88. The van der Waals surface area contributed by atoms with E-state index in [9.17, 15) is 9.59 Å². The van der Waals surface area contributed by atoms with Crippen LogP contribution in [0.2, 0.25) is 0 Å². The Morgan fingerprint density at radius 3 is 2.60 bits per heavy atom. The standard InChI is InChI=1S/C22H21IN3O4/c1-4-30-22(28)20-19-12-25(2)21(27)17-11-15(7-10-18(17)26(19)13-24-20)23-14-5-8-16(29-3)9-6-14/h5-11,13H,4,12H2,1-3H3/q+1. The van der Waals surface area contributed by atoms with E-state index >= 15 is 0 Å². The van der Waals surface area contributed by atoms with Crippen molar-refractivity contribution in [2.45, 2.75) is 13.5 Å². The summed E-state index contributed by atoms with van der Waals surface area (Å²) < 4.78 is 14.5. The number of amides is 1. The number of nitrogens with zero attached hydrogens (tertiary/aromatic N) is 3. The lowest BCUT2D eigenvalue weighted by atomic mass is 10.1. The molecule has 3 aromatic rings. The molecule has 1 amide bonds. The number of carbonyl (C=O) groups excluding carboxylic acids is 2. The third kappa shape index (κ3) is 3.79. The summed E-state index contributed by atoms with van der Waals surface area (Å²) in [5.41, 5.74) is 2.24. The Morgan fingerprint density at radius 1 is 1.17 bits per heavy atom. The predicted octanol–water partition coefficient (Wildman–Crippen LogP) is -0.228. The number of benzene rings is 2. The molecule has 2 aromatic carbocycles. The molecule has 30 heavy (non-hydrogen) atoms. The van der Waals surface area contributed by atoms with E-state index in [0.717, 1.165) is 15.0 Å². The number of ether oxygens (including phenoxy) is 2. The van der Waals surface area contributed by atoms with Crippen LogP contribution in [0.4, 0.5) is 0 Å². The van der Waals surface area contributed by atoms with Crippen LogP contribution in [-0.2, 0) is 11.3 Å². The first-order chi connectivity index (χ1) is 14.5. The molecule has 4 rings (SSSR count). The lowest BCUT2D eigenvalue weighted by molar-refractivity contribution is -0.597. The number of methoxy groups -OCH3 is 1. The van der Waals surface area contributed by atoms with E-state index in [-0.39, 0.29) is 24.8 Å². The number of carbonyl (C=O) groups is 2. The van der Waals surface area contributed by atoms with Crippen LogP contribution in [0.15, 0.2) is 48.8 Å². The second kappa shape index (κ2) is 8.47. The van der Waals surface area contributed by atoms with E-state index in [1.54, 1.807) is 32.3 Å². The average molecular weight is 518 g/mol. The molecule has 0 aliphatic carbocycles. The molecule has 0 saturated carbocycles. The second-order valence-corrected chi connectivity index (χ2v) is 9.74. The van der Waals surface area contributed by atoms with E-state index in [4.69, 9.17) is 9.47 Å². The number of hydrogen-bond donors (Lipinski definition) is 0. The number of hydrogen-bond acceptors (Lipinski definition) is 5. The number of esters is 1. The van der Waals surface area contributed by atoms with Crippen LogP contribution in [0.1, 0.15) is 33.5 Å². The van der Waals surface area contributed by atoms with Crippen molar-refractivity contribution in [3.8, 4) is 11.4 Å². The zero-order valence-corrected chi connectivity index (χ0v) is 19.0. The summed E-state index contributed by atoms with van der Waals surface area (Å²) in [6.45, 7) is 2.31. The Balaban J connectivity index is 1.72. The summed E-state index contributed by atoms with van der Waals surface area (Å²) in [5, 5.41) is 0. The van der Waals surface area contributed by atoms with Crippen molar-refractivity contribution in [1.82, 2.24) is 14.5 Å². The van der Waals surface area contributed by atoms with E-state index in [1.807, 2.05) is 34.9 Å². The molecule has 0 saturated heterocycles. The largest absolute Gasteiger partial charge is 0.497 e. The quantitative estimate of drug-likeness (QED) is 0.345. The molecule has 0 radical (unpaired) electrons. The van der Waals surface area contributed by atoms with Gasteiger partial charge in [0, 0.05) is 13.1 Å². The van der Waals surface area contributed by atoms with Crippen molar-refractivity contribution >= 4 is 11.9 Å². The van der Waals surface area contributed by atoms with Crippen molar-refractivity contribution in [3.63, 3.8) is 0 Å². The zero-order chi connectivity index (χ0) is 21.3. The zero-order valence-electron chi connectivity index (χ0n) is 16.9. The van der Waals surface area contributed by atoms with Gasteiger partial charge in [-0.3, -0.25) is 9.36 Å². The first kappa shape index (κ1) is 20.4. The van der Waals surface area contributed by atoms with Gasteiger partial charge in [-0.25, -0.2) is 9.78 Å². The normalized spacial score (nSPS) is 12.8. The third-order valence-corrected chi connectivity index (χ3v) is 7.42. The van der Waals surface area contributed by atoms with E-state index in [1.165, 1.54) is 3.57 Å². The monoisotopic (exact) mass is 518 g/mol. The Kier molecular flexibility index (Phi) is 5.76. The van der Waals surface area contributed by atoms with Crippen LogP contribution in [0.25, 0.3) is 5.69 Å². The van der Waals surface area contributed by atoms with Crippen LogP contribution in [-0.4, -0.2) is 47.1 Å². The number of halogens is 1. The molecular weight excluding hydrogens is 497 g/mol. The van der Waals surface area contributed by atoms with Gasteiger partial charge in [0.15, 0.2) is 12.8 Å². The highest BCUT2D eigenvalue weighted by molar-refractivity contribution is 5.98. The number of rotatable bonds is 5. The van der Waals surface area contributed by atoms with Crippen molar-refractivity contribution < 1.29 is 40.3 Å². The van der Waals surface area contributed by atoms with Crippen molar-refractivity contribution in [1.29, 1.82) is 0 Å². The van der Waals surface area contributed by atoms with Crippen molar-refractivity contribution in [3.05, 3.63) is 72.9 Å². The first-order valence-electron chi connectivity index (χ1n) is 9.44. The maximum absolute atomic E-state index is 13.1. The fourth-order valence-electron chi connectivity index (χ4n) is 3.31. The highest BCUT2D eigenvalue weighted by Gasteiger charge is 2.30. The molecular formula is C22H21IN3O4+. The molecule has 154 valence electrons. The molecule has 1 aliphatic heterocycles. The molecule has 0 N–H and O–H groups in total. The molecule has 0 spiro atoms. The van der Waals surface area contributed by atoms with E-state index in [0.29, 0.717) is 11.3 Å². The first-order valence-corrected chi connectivity index (χ1v) is 11.6. The summed E-state index contributed by atoms with van der Waals surface area (Å²) in [5.74, 6) is 0.271. The molecule has 0 bridgehead atoms. The van der Waals surface area contributed by atoms with Crippen molar-refractivity contribution in [2.24, 2.45) is 0 Å². The van der Waals surface area contributed by atoms with Gasteiger partial charge in [0.2, 0.25) is 0 Å².